The Morgan fingerprint density at radius 3 is 3.00 bits per heavy atom. The van der Waals surface area contributed by atoms with E-state index >= 15 is 0 Å². The predicted molar refractivity (Wildman–Crippen MR) is 79.6 cm³/mol. The van der Waals surface area contributed by atoms with Crippen molar-refractivity contribution in [2.24, 2.45) is 0 Å². The molecule has 0 fully saturated rings. The van der Waals surface area contributed by atoms with Crippen LogP contribution in [-0.2, 0) is 0 Å². The van der Waals surface area contributed by atoms with Crippen LogP contribution < -0.4 is 5.32 Å². The lowest BCUT2D eigenvalue weighted by Gasteiger charge is -2.04. The first-order valence-electron chi connectivity index (χ1n) is 5.12. The van der Waals surface area contributed by atoms with Crippen LogP contribution in [0.1, 0.15) is 9.67 Å². The SMILES string of the molecule is O=C(Nc1ccncc1Br)c1cc2sccc2s1. The molecule has 0 saturated carbocycles. The predicted octanol–water partition coefficient (Wildman–Crippen LogP) is 4.37. The summed E-state index contributed by atoms with van der Waals surface area (Å²) in [6.45, 7) is 0. The van der Waals surface area contributed by atoms with Gasteiger partial charge in [-0.2, -0.15) is 0 Å². The molecule has 0 aliphatic heterocycles. The van der Waals surface area contributed by atoms with E-state index in [4.69, 9.17) is 0 Å². The number of nitrogens with one attached hydrogen (secondary N) is 1. The maximum Gasteiger partial charge on any atom is 0.265 e. The third-order valence-electron chi connectivity index (χ3n) is 2.38. The van der Waals surface area contributed by atoms with E-state index < -0.39 is 0 Å². The van der Waals surface area contributed by atoms with E-state index in [-0.39, 0.29) is 5.91 Å². The molecule has 3 aromatic rings. The Hall–Kier alpha value is -1.24. The highest BCUT2D eigenvalue weighted by molar-refractivity contribution is 9.10. The average Bonchev–Trinajstić information content (AvgIpc) is 2.92. The minimum atomic E-state index is -0.0877. The maximum atomic E-state index is 12.1. The van der Waals surface area contributed by atoms with Crippen molar-refractivity contribution in [2.75, 3.05) is 5.32 Å². The number of aromatic nitrogens is 1. The fraction of sp³-hybridized carbons (Fsp3) is 0. The molecular formula is C12H7BrN2OS2. The van der Waals surface area contributed by atoms with Gasteiger partial charge in [0.2, 0.25) is 0 Å². The molecule has 0 aliphatic carbocycles. The van der Waals surface area contributed by atoms with Crippen LogP contribution in [0.2, 0.25) is 0 Å². The van der Waals surface area contributed by atoms with Crippen LogP contribution in [0, 0.1) is 0 Å². The van der Waals surface area contributed by atoms with Gasteiger partial charge in [0.1, 0.15) is 0 Å². The zero-order valence-electron chi connectivity index (χ0n) is 9.01. The first-order valence-corrected chi connectivity index (χ1v) is 7.61. The zero-order chi connectivity index (χ0) is 12.5. The standard InChI is InChI=1S/C12H7BrN2OS2/c13-7-6-14-3-1-8(7)15-12(16)11-5-10-9(18-11)2-4-17-10/h1-6H,(H,14,15,16). The van der Waals surface area contributed by atoms with Gasteiger partial charge < -0.3 is 5.32 Å². The number of rotatable bonds is 2. The zero-order valence-corrected chi connectivity index (χ0v) is 12.2. The summed E-state index contributed by atoms with van der Waals surface area (Å²) >= 11 is 6.50. The second kappa shape index (κ2) is 4.79. The van der Waals surface area contributed by atoms with Gasteiger partial charge in [0, 0.05) is 21.8 Å². The molecule has 0 bridgehead atoms. The van der Waals surface area contributed by atoms with Crippen LogP contribution in [0.25, 0.3) is 9.40 Å². The summed E-state index contributed by atoms with van der Waals surface area (Å²) in [4.78, 5) is 16.8. The molecule has 1 amide bonds. The van der Waals surface area contributed by atoms with Gasteiger partial charge in [-0.1, -0.05) is 0 Å². The highest BCUT2D eigenvalue weighted by Gasteiger charge is 2.12. The van der Waals surface area contributed by atoms with Gasteiger partial charge in [-0.25, -0.2) is 0 Å². The average molecular weight is 339 g/mol. The monoisotopic (exact) mass is 338 g/mol. The lowest BCUT2D eigenvalue weighted by atomic mass is 10.3. The summed E-state index contributed by atoms with van der Waals surface area (Å²) in [5, 5.41) is 4.90. The third-order valence-corrected chi connectivity index (χ3v) is 5.11. The van der Waals surface area contributed by atoms with Crippen molar-refractivity contribution in [1.82, 2.24) is 4.98 Å². The highest BCUT2D eigenvalue weighted by Crippen LogP contribution is 2.30. The topological polar surface area (TPSA) is 42.0 Å². The molecule has 3 rings (SSSR count). The molecule has 18 heavy (non-hydrogen) atoms. The second-order valence-electron chi connectivity index (χ2n) is 3.57. The van der Waals surface area contributed by atoms with Crippen molar-refractivity contribution in [3.63, 3.8) is 0 Å². The summed E-state index contributed by atoms with van der Waals surface area (Å²) in [5.74, 6) is -0.0877. The second-order valence-corrected chi connectivity index (χ2v) is 6.46. The fourth-order valence-electron chi connectivity index (χ4n) is 1.54. The van der Waals surface area contributed by atoms with Gasteiger partial charge in [0.05, 0.1) is 15.0 Å². The Balaban J connectivity index is 1.87. The summed E-state index contributed by atoms with van der Waals surface area (Å²) < 4.78 is 3.08. The number of halogens is 1. The maximum absolute atomic E-state index is 12.1. The number of hydrogen-bond acceptors (Lipinski definition) is 4. The van der Waals surface area contributed by atoms with Crippen molar-refractivity contribution >= 4 is 59.6 Å². The van der Waals surface area contributed by atoms with E-state index in [2.05, 4.69) is 26.2 Å². The number of hydrogen-bond donors (Lipinski definition) is 1. The van der Waals surface area contributed by atoms with Crippen LogP contribution in [0.4, 0.5) is 5.69 Å². The molecule has 0 aromatic carbocycles. The van der Waals surface area contributed by atoms with E-state index in [1.807, 2.05) is 17.5 Å². The third kappa shape index (κ3) is 2.19. The van der Waals surface area contributed by atoms with Crippen LogP contribution >= 0.6 is 38.6 Å². The molecular weight excluding hydrogens is 332 g/mol. The summed E-state index contributed by atoms with van der Waals surface area (Å²) in [7, 11) is 0. The molecule has 90 valence electrons. The molecule has 3 aromatic heterocycles. The van der Waals surface area contributed by atoms with Gasteiger partial charge in [0.15, 0.2) is 0 Å². The lowest BCUT2D eigenvalue weighted by Crippen LogP contribution is -2.10. The van der Waals surface area contributed by atoms with Crippen molar-refractivity contribution in [3.8, 4) is 0 Å². The van der Waals surface area contributed by atoms with Crippen molar-refractivity contribution in [3.05, 3.63) is 45.3 Å². The lowest BCUT2D eigenvalue weighted by molar-refractivity contribution is 0.103. The number of carbonyl (C=O) groups is 1. The van der Waals surface area contributed by atoms with Gasteiger partial charge in [-0.15, -0.1) is 22.7 Å². The molecule has 3 nitrogen and oxygen atoms in total. The first kappa shape index (κ1) is 11.8. The molecule has 3 heterocycles. The van der Waals surface area contributed by atoms with Gasteiger partial charge in [0.25, 0.3) is 5.91 Å². The summed E-state index contributed by atoms with van der Waals surface area (Å²) in [6, 6.07) is 5.72. The summed E-state index contributed by atoms with van der Waals surface area (Å²) in [5.41, 5.74) is 0.728. The molecule has 0 radical (unpaired) electrons. The van der Waals surface area contributed by atoms with E-state index in [1.165, 1.54) is 11.3 Å². The van der Waals surface area contributed by atoms with Gasteiger partial charge in [-0.05, 0) is 39.5 Å². The van der Waals surface area contributed by atoms with E-state index in [1.54, 1.807) is 29.8 Å². The highest BCUT2D eigenvalue weighted by atomic mass is 79.9. The molecule has 1 N–H and O–H groups in total. The molecule has 0 unspecified atom stereocenters. The number of fused-ring (bicyclic) bond motifs is 1. The molecule has 0 atom stereocenters. The Labute approximate surface area is 120 Å². The van der Waals surface area contributed by atoms with Crippen LogP contribution in [0.3, 0.4) is 0 Å². The minimum absolute atomic E-state index is 0.0877. The van der Waals surface area contributed by atoms with E-state index in [0.717, 1.165) is 24.4 Å². The molecule has 0 saturated heterocycles. The Morgan fingerprint density at radius 1 is 1.33 bits per heavy atom. The quantitative estimate of drug-likeness (QED) is 0.753. The number of carbonyl (C=O) groups excluding carboxylic acids is 1. The first-order chi connectivity index (χ1) is 8.74. The number of anilines is 1. The Morgan fingerprint density at radius 2 is 2.22 bits per heavy atom. The van der Waals surface area contributed by atoms with Crippen molar-refractivity contribution < 1.29 is 4.79 Å². The number of nitrogens with zero attached hydrogens (tertiary/aromatic N) is 1. The number of amides is 1. The Kier molecular flexibility index (Phi) is 3.15. The van der Waals surface area contributed by atoms with Crippen LogP contribution in [0.15, 0.2) is 40.4 Å². The fourth-order valence-corrected chi connectivity index (χ4v) is 3.89. The Bertz CT molecular complexity index is 691. The van der Waals surface area contributed by atoms with Crippen LogP contribution in [-0.4, -0.2) is 10.9 Å². The largest absolute Gasteiger partial charge is 0.320 e. The van der Waals surface area contributed by atoms with Crippen molar-refractivity contribution in [1.29, 1.82) is 0 Å². The molecule has 0 spiro atoms. The number of thiophene rings is 2. The normalized spacial score (nSPS) is 10.7. The minimum Gasteiger partial charge on any atom is -0.320 e. The number of pyridine rings is 1. The molecule has 6 heteroatoms. The molecule has 0 aliphatic rings. The summed E-state index contributed by atoms with van der Waals surface area (Å²) in [6.07, 6.45) is 3.30. The van der Waals surface area contributed by atoms with Crippen molar-refractivity contribution in [2.45, 2.75) is 0 Å². The van der Waals surface area contributed by atoms with Gasteiger partial charge in [-0.3, -0.25) is 9.78 Å². The van der Waals surface area contributed by atoms with E-state index in [0.29, 0.717) is 0 Å². The smallest absolute Gasteiger partial charge is 0.265 e. The van der Waals surface area contributed by atoms with E-state index in [9.17, 15) is 4.79 Å². The van der Waals surface area contributed by atoms with Gasteiger partial charge >= 0.3 is 0 Å². The van der Waals surface area contributed by atoms with Crippen LogP contribution in [0.5, 0.6) is 0 Å².